The fraction of sp³-hybridized carbons (Fsp3) is 0.0769. The molecule has 0 bridgehead atoms. The van der Waals surface area contributed by atoms with Crippen LogP contribution in [0.15, 0.2) is 42.5 Å². The van der Waals surface area contributed by atoms with Crippen molar-refractivity contribution in [1.82, 2.24) is 0 Å². The maximum absolute atomic E-state index is 13.0. The van der Waals surface area contributed by atoms with Crippen LogP contribution in [0.1, 0.15) is 17.2 Å². The Morgan fingerprint density at radius 1 is 0.941 bits per heavy atom. The lowest BCUT2D eigenvalue weighted by atomic mass is 10.0. The van der Waals surface area contributed by atoms with Crippen molar-refractivity contribution in [3.8, 4) is 0 Å². The molecule has 17 heavy (non-hydrogen) atoms. The van der Waals surface area contributed by atoms with Gasteiger partial charge in [0.2, 0.25) is 0 Å². The molecule has 0 aromatic heterocycles. The van der Waals surface area contributed by atoms with E-state index in [1.807, 2.05) is 0 Å². The molecule has 0 heterocycles. The number of hydrogen-bond donors (Lipinski definition) is 1. The maximum atomic E-state index is 13.0. The van der Waals surface area contributed by atoms with Crippen LogP contribution in [-0.2, 0) is 0 Å². The van der Waals surface area contributed by atoms with Crippen molar-refractivity contribution in [3.63, 3.8) is 0 Å². The zero-order chi connectivity index (χ0) is 12.4. The van der Waals surface area contributed by atoms with E-state index in [2.05, 4.69) is 0 Å². The number of aliphatic hydroxyl groups excluding tert-OH is 1. The summed E-state index contributed by atoms with van der Waals surface area (Å²) in [5.74, 6) is -1.92. The van der Waals surface area contributed by atoms with Gasteiger partial charge in [0.1, 0.15) is 6.10 Å². The highest BCUT2D eigenvalue weighted by atomic mass is 35.5. The topological polar surface area (TPSA) is 20.2 Å². The largest absolute Gasteiger partial charge is 0.384 e. The van der Waals surface area contributed by atoms with Gasteiger partial charge in [0, 0.05) is 5.02 Å². The molecule has 0 saturated carbocycles. The third kappa shape index (κ3) is 2.62. The Bertz CT molecular complexity index is 543. The maximum Gasteiger partial charge on any atom is 0.159 e. The summed E-state index contributed by atoms with van der Waals surface area (Å²) in [5, 5.41) is 10.5. The lowest BCUT2D eigenvalue weighted by Crippen LogP contribution is -2.00. The molecule has 0 amide bonds. The molecule has 0 aliphatic carbocycles. The molecule has 0 spiro atoms. The summed E-state index contributed by atoms with van der Waals surface area (Å²) in [6.45, 7) is 0. The van der Waals surface area contributed by atoms with Crippen LogP contribution in [0.2, 0.25) is 5.02 Å². The molecule has 1 nitrogen and oxygen atoms in total. The average Bonchev–Trinajstić information content (AvgIpc) is 2.32. The van der Waals surface area contributed by atoms with Gasteiger partial charge in [-0.3, -0.25) is 0 Å². The van der Waals surface area contributed by atoms with E-state index in [1.54, 1.807) is 24.3 Å². The van der Waals surface area contributed by atoms with E-state index in [0.717, 1.165) is 12.1 Å². The zero-order valence-electron chi connectivity index (χ0n) is 8.70. The molecule has 0 aliphatic rings. The minimum Gasteiger partial charge on any atom is -0.384 e. The molecule has 1 unspecified atom stereocenters. The summed E-state index contributed by atoms with van der Waals surface area (Å²) in [6, 6.07) is 9.89. The van der Waals surface area contributed by atoms with Crippen LogP contribution < -0.4 is 0 Å². The Hall–Kier alpha value is -1.45. The molecule has 0 aliphatic heterocycles. The third-order valence-corrected chi connectivity index (χ3v) is 2.66. The second kappa shape index (κ2) is 4.82. The molecule has 2 rings (SSSR count). The van der Waals surface area contributed by atoms with Crippen LogP contribution in [0.5, 0.6) is 0 Å². The van der Waals surface area contributed by atoms with Gasteiger partial charge < -0.3 is 5.11 Å². The molecule has 1 atom stereocenters. The van der Waals surface area contributed by atoms with Gasteiger partial charge in [-0.15, -0.1) is 0 Å². The Labute approximate surface area is 102 Å². The summed E-state index contributed by atoms with van der Waals surface area (Å²) >= 11 is 5.79. The molecule has 2 aromatic carbocycles. The minimum atomic E-state index is -1.02. The van der Waals surface area contributed by atoms with E-state index in [4.69, 9.17) is 11.6 Å². The average molecular weight is 255 g/mol. The summed E-state index contributed by atoms with van der Waals surface area (Å²) in [5.41, 5.74) is 0.815. The van der Waals surface area contributed by atoms with Gasteiger partial charge in [0.05, 0.1) is 0 Å². The van der Waals surface area contributed by atoms with Crippen LogP contribution in [0.25, 0.3) is 0 Å². The summed E-state index contributed by atoms with van der Waals surface area (Å²) in [6.07, 6.45) is -1.02. The van der Waals surface area contributed by atoms with Crippen molar-refractivity contribution < 1.29 is 13.9 Å². The van der Waals surface area contributed by atoms with Crippen molar-refractivity contribution >= 4 is 11.6 Å². The van der Waals surface area contributed by atoms with Crippen LogP contribution in [0.4, 0.5) is 8.78 Å². The van der Waals surface area contributed by atoms with Gasteiger partial charge in [0.25, 0.3) is 0 Å². The smallest absolute Gasteiger partial charge is 0.159 e. The highest BCUT2D eigenvalue weighted by molar-refractivity contribution is 6.30. The second-order valence-electron chi connectivity index (χ2n) is 3.63. The van der Waals surface area contributed by atoms with E-state index >= 15 is 0 Å². The van der Waals surface area contributed by atoms with Gasteiger partial charge in [-0.25, -0.2) is 8.78 Å². The van der Waals surface area contributed by atoms with Crippen molar-refractivity contribution in [2.24, 2.45) is 0 Å². The first-order valence-electron chi connectivity index (χ1n) is 4.96. The fourth-order valence-electron chi connectivity index (χ4n) is 1.55. The molecule has 4 heteroatoms. The SMILES string of the molecule is OC(c1cccc(Cl)c1)c1ccc(F)c(F)c1. The lowest BCUT2D eigenvalue weighted by molar-refractivity contribution is 0.219. The van der Waals surface area contributed by atoms with Crippen molar-refractivity contribution in [2.45, 2.75) is 6.10 Å². The lowest BCUT2D eigenvalue weighted by Gasteiger charge is -2.11. The van der Waals surface area contributed by atoms with E-state index < -0.39 is 17.7 Å². The van der Waals surface area contributed by atoms with Crippen molar-refractivity contribution in [1.29, 1.82) is 0 Å². The van der Waals surface area contributed by atoms with Gasteiger partial charge in [-0.2, -0.15) is 0 Å². The predicted molar refractivity (Wildman–Crippen MR) is 61.9 cm³/mol. The number of benzene rings is 2. The van der Waals surface area contributed by atoms with E-state index in [-0.39, 0.29) is 5.56 Å². The van der Waals surface area contributed by atoms with Gasteiger partial charge in [-0.05, 0) is 35.4 Å². The zero-order valence-corrected chi connectivity index (χ0v) is 9.46. The number of aliphatic hydroxyl groups is 1. The molecule has 0 fully saturated rings. The number of rotatable bonds is 2. The Morgan fingerprint density at radius 3 is 2.29 bits per heavy atom. The standard InChI is InChI=1S/C13H9ClF2O/c14-10-3-1-2-8(6-10)13(17)9-4-5-11(15)12(16)7-9/h1-7,13,17H. The highest BCUT2D eigenvalue weighted by Crippen LogP contribution is 2.25. The Morgan fingerprint density at radius 2 is 1.65 bits per heavy atom. The van der Waals surface area contributed by atoms with E-state index in [9.17, 15) is 13.9 Å². The van der Waals surface area contributed by atoms with E-state index in [0.29, 0.717) is 10.6 Å². The van der Waals surface area contributed by atoms with Gasteiger partial charge in [-0.1, -0.05) is 29.8 Å². The molecule has 0 saturated heterocycles. The summed E-state index contributed by atoms with van der Waals surface area (Å²) < 4.78 is 25.8. The van der Waals surface area contributed by atoms with Crippen LogP contribution in [0, 0.1) is 11.6 Å². The Balaban J connectivity index is 2.36. The minimum absolute atomic E-state index is 0.283. The van der Waals surface area contributed by atoms with Gasteiger partial charge in [0.15, 0.2) is 11.6 Å². The molecular formula is C13H9ClF2O. The monoisotopic (exact) mass is 254 g/mol. The quantitative estimate of drug-likeness (QED) is 0.866. The predicted octanol–water partition coefficient (Wildman–Crippen LogP) is 3.70. The molecule has 0 radical (unpaired) electrons. The highest BCUT2D eigenvalue weighted by Gasteiger charge is 2.13. The van der Waals surface area contributed by atoms with Gasteiger partial charge >= 0.3 is 0 Å². The molecule has 88 valence electrons. The number of hydrogen-bond acceptors (Lipinski definition) is 1. The normalized spacial score (nSPS) is 12.5. The second-order valence-corrected chi connectivity index (χ2v) is 4.07. The van der Waals surface area contributed by atoms with E-state index in [1.165, 1.54) is 6.07 Å². The van der Waals surface area contributed by atoms with Crippen LogP contribution in [0.3, 0.4) is 0 Å². The fourth-order valence-corrected chi connectivity index (χ4v) is 1.75. The summed E-state index contributed by atoms with van der Waals surface area (Å²) in [7, 11) is 0. The van der Waals surface area contributed by atoms with Crippen molar-refractivity contribution in [3.05, 3.63) is 70.2 Å². The molecule has 2 aromatic rings. The summed E-state index contributed by atoms with van der Waals surface area (Å²) in [4.78, 5) is 0. The van der Waals surface area contributed by atoms with Crippen LogP contribution >= 0.6 is 11.6 Å². The number of halogens is 3. The Kier molecular flexibility index (Phi) is 3.41. The van der Waals surface area contributed by atoms with Crippen molar-refractivity contribution in [2.75, 3.05) is 0 Å². The van der Waals surface area contributed by atoms with Crippen LogP contribution in [-0.4, -0.2) is 5.11 Å². The third-order valence-electron chi connectivity index (χ3n) is 2.42. The molecular weight excluding hydrogens is 246 g/mol. The molecule has 1 N–H and O–H groups in total. The first-order valence-corrected chi connectivity index (χ1v) is 5.34. The first-order chi connectivity index (χ1) is 8.08. The first kappa shape index (κ1) is 12.0.